The summed E-state index contributed by atoms with van der Waals surface area (Å²) in [6.07, 6.45) is 3.39. The van der Waals surface area contributed by atoms with Gasteiger partial charge in [-0.1, -0.05) is 12.5 Å². The molecule has 164 valence electrons. The van der Waals surface area contributed by atoms with Crippen molar-refractivity contribution in [3.8, 4) is 11.8 Å². The Morgan fingerprint density at radius 3 is 2.68 bits per heavy atom. The minimum absolute atomic E-state index is 0.0392. The number of hydrogen-bond acceptors (Lipinski definition) is 5. The number of sulfonamides is 1. The fraction of sp³-hybridized carbons (Fsp3) is 0.364. The maximum atomic E-state index is 14.4. The predicted octanol–water partition coefficient (Wildman–Crippen LogP) is 3.94. The minimum Gasteiger partial charge on any atom is -0.493 e. The normalized spacial score (nSPS) is 14.6. The van der Waals surface area contributed by atoms with Crippen molar-refractivity contribution in [1.29, 1.82) is 5.26 Å². The molecule has 31 heavy (non-hydrogen) atoms. The highest BCUT2D eigenvalue weighted by molar-refractivity contribution is 7.89. The Hall–Kier alpha value is -2.96. The van der Waals surface area contributed by atoms with Crippen LogP contribution in [0.3, 0.4) is 0 Å². The van der Waals surface area contributed by atoms with Crippen molar-refractivity contribution >= 4 is 21.6 Å². The molecule has 1 N–H and O–H groups in total. The van der Waals surface area contributed by atoms with Gasteiger partial charge in [-0.05, 0) is 49.6 Å². The summed E-state index contributed by atoms with van der Waals surface area (Å²) < 4.78 is 46.9. The first-order chi connectivity index (χ1) is 14.9. The van der Waals surface area contributed by atoms with E-state index in [1.54, 1.807) is 24.3 Å². The molecule has 0 aliphatic carbocycles. The molecule has 3 rings (SSSR count). The van der Waals surface area contributed by atoms with E-state index in [-0.39, 0.29) is 5.56 Å². The van der Waals surface area contributed by atoms with E-state index in [0.717, 1.165) is 31.4 Å². The fourth-order valence-corrected chi connectivity index (χ4v) is 4.90. The molecular formula is C22H24FN3O4S. The average molecular weight is 446 g/mol. The van der Waals surface area contributed by atoms with Gasteiger partial charge < -0.3 is 10.1 Å². The Kier molecular flexibility index (Phi) is 7.60. The zero-order valence-electron chi connectivity index (χ0n) is 17.0. The molecule has 9 heteroatoms. The van der Waals surface area contributed by atoms with Gasteiger partial charge in [0, 0.05) is 36.8 Å². The van der Waals surface area contributed by atoms with Gasteiger partial charge in [-0.25, -0.2) is 12.8 Å². The largest absolute Gasteiger partial charge is 0.493 e. The molecule has 0 spiro atoms. The van der Waals surface area contributed by atoms with Gasteiger partial charge in [-0.3, -0.25) is 4.79 Å². The summed E-state index contributed by atoms with van der Waals surface area (Å²) in [5.41, 5.74) is 0.491. The highest BCUT2D eigenvalue weighted by Crippen LogP contribution is 2.25. The highest BCUT2D eigenvalue weighted by atomic mass is 32.2. The van der Waals surface area contributed by atoms with Crippen LogP contribution < -0.4 is 10.1 Å². The molecule has 1 heterocycles. The van der Waals surface area contributed by atoms with E-state index in [0.29, 0.717) is 44.0 Å². The third kappa shape index (κ3) is 5.81. The molecule has 1 aliphatic heterocycles. The number of carbonyl (C=O) groups is 1. The number of halogens is 1. The molecule has 0 aromatic heterocycles. The molecule has 1 aliphatic rings. The van der Waals surface area contributed by atoms with Crippen LogP contribution in [0.4, 0.5) is 10.1 Å². The summed E-state index contributed by atoms with van der Waals surface area (Å²) in [5.74, 6) is -0.908. The number of anilines is 1. The van der Waals surface area contributed by atoms with Gasteiger partial charge in [0.2, 0.25) is 10.0 Å². The van der Waals surface area contributed by atoms with Crippen LogP contribution in [-0.2, 0) is 10.0 Å². The average Bonchev–Trinajstić information content (AvgIpc) is 2.78. The molecule has 0 atom stereocenters. The van der Waals surface area contributed by atoms with Crippen LogP contribution in [0.1, 0.15) is 42.5 Å². The summed E-state index contributed by atoms with van der Waals surface area (Å²) in [4.78, 5) is 12.2. The van der Waals surface area contributed by atoms with Gasteiger partial charge in [0.05, 0.1) is 12.7 Å². The Morgan fingerprint density at radius 2 is 1.94 bits per heavy atom. The highest BCUT2D eigenvalue weighted by Gasteiger charge is 2.29. The molecule has 0 bridgehead atoms. The van der Waals surface area contributed by atoms with Crippen molar-refractivity contribution in [2.24, 2.45) is 0 Å². The second kappa shape index (κ2) is 10.4. The van der Waals surface area contributed by atoms with E-state index in [9.17, 15) is 17.6 Å². The third-order valence-electron chi connectivity index (χ3n) is 4.92. The lowest BCUT2D eigenvalue weighted by Crippen LogP contribution is -2.36. The van der Waals surface area contributed by atoms with E-state index in [4.69, 9.17) is 10.00 Å². The Bertz CT molecular complexity index is 1080. The van der Waals surface area contributed by atoms with Gasteiger partial charge >= 0.3 is 0 Å². The number of rotatable bonds is 8. The summed E-state index contributed by atoms with van der Waals surface area (Å²) >= 11 is 0. The number of carbonyl (C=O) groups excluding carboxylic acids is 1. The number of amides is 1. The molecule has 1 saturated heterocycles. The topological polar surface area (TPSA) is 99.5 Å². The standard InChI is InChI=1S/C22H24FN3O4S/c23-20-10-9-17(15-21(20)31(28,29)26-12-3-1-4-13-26)22(27)25-18-7-6-8-19(16-18)30-14-5-2-11-24/h6-10,15-16H,1-5,12-14H2,(H,25,27). The van der Waals surface area contributed by atoms with Gasteiger partial charge in [-0.15, -0.1) is 0 Å². The molecule has 0 saturated carbocycles. The van der Waals surface area contributed by atoms with E-state index >= 15 is 0 Å². The van der Waals surface area contributed by atoms with Gasteiger partial charge in [0.1, 0.15) is 16.5 Å². The van der Waals surface area contributed by atoms with Gasteiger partial charge in [0.15, 0.2) is 0 Å². The number of nitrogens with zero attached hydrogens (tertiary/aromatic N) is 2. The lowest BCUT2D eigenvalue weighted by molar-refractivity contribution is 0.102. The molecule has 2 aromatic carbocycles. The number of hydrogen-bond donors (Lipinski definition) is 1. The van der Waals surface area contributed by atoms with Gasteiger partial charge in [-0.2, -0.15) is 9.57 Å². The van der Waals surface area contributed by atoms with Crippen LogP contribution in [0, 0.1) is 17.1 Å². The molecular weight excluding hydrogens is 421 g/mol. The predicted molar refractivity (Wildman–Crippen MR) is 114 cm³/mol. The van der Waals surface area contributed by atoms with Crippen molar-refractivity contribution in [3.05, 3.63) is 53.8 Å². The van der Waals surface area contributed by atoms with Crippen LogP contribution in [-0.4, -0.2) is 38.3 Å². The van der Waals surface area contributed by atoms with Gasteiger partial charge in [0.25, 0.3) is 5.91 Å². The maximum absolute atomic E-state index is 14.4. The van der Waals surface area contributed by atoms with Crippen LogP contribution in [0.25, 0.3) is 0 Å². The smallest absolute Gasteiger partial charge is 0.255 e. The molecule has 1 fully saturated rings. The lowest BCUT2D eigenvalue weighted by atomic mass is 10.2. The number of nitriles is 1. The number of ether oxygens (including phenoxy) is 1. The first-order valence-electron chi connectivity index (χ1n) is 10.1. The number of nitrogens with one attached hydrogen (secondary N) is 1. The number of benzene rings is 2. The first-order valence-corrected chi connectivity index (χ1v) is 11.6. The quantitative estimate of drug-likeness (QED) is 0.621. The Labute approximate surface area is 181 Å². The van der Waals surface area contributed by atoms with E-state index in [1.807, 2.05) is 6.07 Å². The summed E-state index contributed by atoms with van der Waals surface area (Å²) in [5, 5.41) is 11.2. The third-order valence-corrected chi connectivity index (χ3v) is 6.83. The molecule has 1 amide bonds. The zero-order chi connectivity index (χ0) is 22.3. The van der Waals surface area contributed by atoms with Crippen LogP contribution in [0.15, 0.2) is 47.4 Å². The second-order valence-electron chi connectivity index (χ2n) is 7.20. The minimum atomic E-state index is -4.01. The number of unbranched alkanes of at least 4 members (excludes halogenated alkanes) is 1. The molecule has 7 nitrogen and oxygen atoms in total. The Balaban J connectivity index is 1.74. The zero-order valence-corrected chi connectivity index (χ0v) is 17.8. The van der Waals surface area contributed by atoms with Crippen LogP contribution in [0.5, 0.6) is 5.75 Å². The Morgan fingerprint density at radius 1 is 1.16 bits per heavy atom. The maximum Gasteiger partial charge on any atom is 0.255 e. The SMILES string of the molecule is N#CCCCOc1cccc(NC(=O)c2ccc(F)c(S(=O)(=O)N3CCCCC3)c2)c1. The number of piperidine rings is 1. The van der Waals surface area contributed by atoms with E-state index < -0.39 is 26.6 Å². The first kappa shape index (κ1) is 22.7. The summed E-state index contributed by atoms with van der Waals surface area (Å²) in [7, 11) is -4.01. The van der Waals surface area contributed by atoms with E-state index in [2.05, 4.69) is 5.32 Å². The molecule has 0 radical (unpaired) electrons. The van der Waals surface area contributed by atoms with Crippen LogP contribution in [0.2, 0.25) is 0 Å². The van der Waals surface area contributed by atoms with E-state index in [1.165, 1.54) is 10.4 Å². The monoisotopic (exact) mass is 445 g/mol. The van der Waals surface area contributed by atoms with Crippen molar-refractivity contribution in [2.75, 3.05) is 25.0 Å². The lowest BCUT2D eigenvalue weighted by Gasteiger charge is -2.26. The molecule has 2 aromatic rings. The van der Waals surface area contributed by atoms with Crippen LogP contribution >= 0.6 is 0 Å². The van der Waals surface area contributed by atoms with Crippen molar-refractivity contribution in [1.82, 2.24) is 4.31 Å². The second-order valence-corrected chi connectivity index (χ2v) is 9.11. The fourth-order valence-electron chi connectivity index (χ4n) is 3.29. The molecule has 0 unspecified atom stereocenters. The summed E-state index contributed by atoms with van der Waals surface area (Å²) in [6, 6.07) is 12.1. The van der Waals surface area contributed by atoms with Crippen molar-refractivity contribution in [3.63, 3.8) is 0 Å². The summed E-state index contributed by atoms with van der Waals surface area (Å²) in [6.45, 7) is 1.07. The van der Waals surface area contributed by atoms with Crippen molar-refractivity contribution in [2.45, 2.75) is 37.0 Å². The van der Waals surface area contributed by atoms with Crippen molar-refractivity contribution < 1.29 is 22.3 Å².